The average molecular weight is 340 g/mol. The third kappa shape index (κ3) is 4.28. The normalized spacial score (nSPS) is 21.7. The average Bonchev–Trinajstić information content (AvgIpc) is 2.86. The number of hydrogen-bond donors (Lipinski definition) is 2. The second-order valence-corrected chi connectivity index (χ2v) is 7.96. The molecule has 0 radical (unpaired) electrons. The van der Waals surface area contributed by atoms with Gasteiger partial charge in [0.1, 0.15) is 13.2 Å². The predicted molar refractivity (Wildman–Crippen MR) is 84.7 cm³/mol. The van der Waals surface area contributed by atoms with Crippen molar-refractivity contribution in [2.45, 2.75) is 18.9 Å². The molecule has 1 saturated heterocycles. The van der Waals surface area contributed by atoms with E-state index >= 15 is 0 Å². The Morgan fingerprint density at radius 3 is 2.74 bits per heavy atom. The first-order valence-electron chi connectivity index (χ1n) is 7.65. The van der Waals surface area contributed by atoms with Gasteiger partial charge in [0.05, 0.1) is 11.5 Å². The van der Waals surface area contributed by atoms with Crippen molar-refractivity contribution in [3.8, 4) is 11.5 Å². The molecule has 0 aliphatic carbocycles. The zero-order chi connectivity index (χ0) is 16.3. The van der Waals surface area contributed by atoms with Crippen molar-refractivity contribution in [3.63, 3.8) is 0 Å². The molecule has 126 valence electrons. The zero-order valence-electron chi connectivity index (χ0n) is 12.7. The van der Waals surface area contributed by atoms with Crippen LogP contribution in [0.3, 0.4) is 0 Å². The van der Waals surface area contributed by atoms with Crippen molar-refractivity contribution in [1.82, 2.24) is 10.6 Å². The topological polar surface area (TPSA) is 93.7 Å². The Hall–Kier alpha value is -1.96. The van der Waals surface area contributed by atoms with Crippen molar-refractivity contribution < 1.29 is 22.7 Å². The molecule has 2 amide bonds. The Morgan fingerprint density at radius 1 is 1.22 bits per heavy atom. The summed E-state index contributed by atoms with van der Waals surface area (Å²) in [5.74, 6) is 1.65. The maximum absolute atomic E-state index is 11.8. The van der Waals surface area contributed by atoms with Gasteiger partial charge in [-0.3, -0.25) is 0 Å². The van der Waals surface area contributed by atoms with E-state index < -0.39 is 9.84 Å². The molecule has 2 aliphatic rings. The summed E-state index contributed by atoms with van der Waals surface area (Å²) in [5, 5.41) is 5.45. The first-order chi connectivity index (χ1) is 11.0. The molecule has 0 spiro atoms. The molecule has 3 rings (SSSR count). The monoisotopic (exact) mass is 340 g/mol. The molecule has 0 aromatic heterocycles. The fourth-order valence-electron chi connectivity index (χ4n) is 2.71. The second kappa shape index (κ2) is 6.66. The third-order valence-corrected chi connectivity index (χ3v) is 5.64. The van der Waals surface area contributed by atoms with Crippen LogP contribution in [-0.2, 0) is 16.3 Å². The number of urea groups is 1. The minimum absolute atomic E-state index is 0.0303. The summed E-state index contributed by atoms with van der Waals surface area (Å²) in [6, 6.07) is 5.11. The van der Waals surface area contributed by atoms with Gasteiger partial charge in [0, 0.05) is 12.6 Å². The van der Waals surface area contributed by atoms with Gasteiger partial charge in [-0.2, -0.15) is 0 Å². The summed E-state index contributed by atoms with van der Waals surface area (Å²) in [6.45, 7) is 1.57. The van der Waals surface area contributed by atoms with Gasteiger partial charge >= 0.3 is 6.03 Å². The van der Waals surface area contributed by atoms with Gasteiger partial charge in [0.15, 0.2) is 21.3 Å². The highest BCUT2D eigenvalue weighted by Crippen LogP contribution is 2.30. The number of sulfone groups is 1. The van der Waals surface area contributed by atoms with Crippen LogP contribution in [-0.4, -0.2) is 51.8 Å². The molecule has 0 bridgehead atoms. The lowest BCUT2D eigenvalue weighted by atomic mass is 10.1. The molecule has 0 saturated carbocycles. The minimum atomic E-state index is -2.98. The van der Waals surface area contributed by atoms with Crippen LogP contribution in [0.5, 0.6) is 11.5 Å². The van der Waals surface area contributed by atoms with Gasteiger partial charge in [-0.15, -0.1) is 0 Å². The van der Waals surface area contributed by atoms with E-state index in [0.717, 1.165) is 17.1 Å². The summed E-state index contributed by atoms with van der Waals surface area (Å²) in [5.41, 5.74) is 1.04. The van der Waals surface area contributed by atoms with Crippen LogP contribution >= 0.6 is 0 Å². The fourth-order valence-corrected chi connectivity index (χ4v) is 4.38. The Balaban J connectivity index is 1.43. The zero-order valence-corrected chi connectivity index (χ0v) is 13.5. The first-order valence-corrected chi connectivity index (χ1v) is 9.47. The highest BCUT2D eigenvalue weighted by molar-refractivity contribution is 7.91. The number of carbonyl (C=O) groups is 1. The second-order valence-electron chi connectivity index (χ2n) is 5.73. The van der Waals surface area contributed by atoms with Gasteiger partial charge in [-0.1, -0.05) is 6.07 Å². The number of rotatable bonds is 4. The lowest BCUT2D eigenvalue weighted by Gasteiger charge is -2.19. The van der Waals surface area contributed by atoms with Crippen molar-refractivity contribution in [1.29, 1.82) is 0 Å². The molecule has 7 nitrogen and oxygen atoms in total. The standard InChI is InChI=1S/C15H20N2O5S/c18-15(17-12-4-8-23(19,20)10-12)16-5-3-11-1-2-13-14(9-11)22-7-6-21-13/h1-2,9,12H,3-8,10H2,(H2,16,17,18). The SMILES string of the molecule is O=C(NCCc1ccc2c(c1)OCCO2)NC1CCS(=O)(=O)C1. The van der Waals surface area contributed by atoms with Crippen LogP contribution in [0, 0.1) is 0 Å². The minimum Gasteiger partial charge on any atom is -0.486 e. The van der Waals surface area contributed by atoms with E-state index in [1.54, 1.807) is 0 Å². The Morgan fingerprint density at radius 2 is 2.00 bits per heavy atom. The van der Waals surface area contributed by atoms with E-state index in [4.69, 9.17) is 9.47 Å². The van der Waals surface area contributed by atoms with Crippen LogP contribution < -0.4 is 20.1 Å². The number of ether oxygens (including phenoxy) is 2. The van der Waals surface area contributed by atoms with Gasteiger partial charge < -0.3 is 20.1 Å². The number of carbonyl (C=O) groups excluding carboxylic acids is 1. The Kier molecular flexibility index (Phi) is 4.61. The van der Waals surface area contributed by atoms with Crippen LogP contribution in [0.2, 0.25) is 0 Å². The maximum Gasteiger partial charge on any atom is 0.315 e. The van der Waals surface area contributed by atoms with Gasteiger partial charge in [0.25, 0.3) is 0 Å². The molecule has 2 aliphatic heterocycles. The smallest absolute Gasteiger partial charge is 0.315 e. The molecule has 1 atom stereocenters. The molecule has 1 aromatic rings. The number of hydrogen-bond acceptors (Lipinski definition) is 5. The summed E-state index contributed by atoms with van der Waals surface area (Å²) < 4.78 is 33.7. The molecule has 2 heterocycles. The Bertz CT molecular complexity index is 689. The maximum atomic E-state index is 11.8. The van der Waals surface area contributed by atoms with E-state index in [1.807, 2.05) is 18.2 Å². The van der Waals surface area contributed by atoms with E-state index in [9.17, 15) is 13.2 Å². The number of fused-ring (bicyclic) bond motifs is 1. The molecular formula is C15H20N2O5S. The molecule has 1 unspecified atom stereocenters. The lowest BCUT2D eigenvalue weighted by molar-refractivity contribution is 0.171. The van der Waals surface area contributed by atoms with Gasteiger partial charge in [-0.25, -0.2) is 13.2 Å². The Labute approximate surface area is 135 Å². The molecule has 1 fully saturated rings. The molecular weight excluding hydrogens is 320 g/mol. The quantitative estimate of drug-likeness (QED) is 0.832. The van der Waals surface area contributed by atoms with Crippen LogP contribution in [0.25, 0.3) is 0 Å². The van der Waals surface area contributed by atoms with Crippen LogP contribution in [0.15, 0.2) is 18.2 Å². The van der Waals surface area contributed by atoms with E-state index in [-0.39, 0.29) is 23.6 Å². The van der Waals surface area contributed by atoms with E-state index in [0.29, 0.717) is 32.6 Å². The third-order valence-electron chi connectivity index (χ3n) is 3.87. The first kappa shape index (κ1) is 15.9. The number of benzene rings is 1. The summed E-state index contributed by atoms with van der Waals surface area (Å²) >= 11 is 0. The van der Waals surface area contributed by atoms with Gasteiger partial charge in [0.2, 0.25) is 0 Å². The molecule has 8 heteroatoms. The van der Waals surface area contributed by atoms with E-state index in [1.165, 1.54) is 0 Å². The number of nitrogens with one attached hydrogen (secondary N) is 2. The highest BCUT2D eigenvalue weighted by atomic mass is 32.2. The largest absolute Gasteiger partial charge is 0.486 e. The van der Waals surface area contributed by atoms with Gasteiger partial charge in [-0.05, 0) is 30.5 Å². The van der Waals surface area contributed by atoms with Crippen LogP contribution in [0.1, 0.15) is 12.0 Å². The number of amides is 2. The van der Waals surface area contributed by atoms with Crippen molar-refractivity contribution in [2.24, 2.45) is 0 Å². The molecule has 1 aromatic carbocycles. The summed E-state index contributed by atoms with van der Waals surface area (Å²) in [7, 11) is -2.98. The van der Waals surface area contributed by atoms with Crippen LogP contribution in [0.4, 0.5) is 4.79 Å². The molecule has 23 heavy (non-hydrogen) atoms. The lowest BCUT2D eigenvalue weighted by Crippen LogP contribution is -2.43. The predicted octanol–water partition coefficient (Wildman–Crippen LogP) is 0.487. The van der Waals surface area contributed by atoms with Crippen molar-refractivity contribution in [3.05, 3.63) is 23.8 Å². The van der Waals surface area contributed by atoms with E-state index in [2.05, 4.69) is 10.6 Å². The molecule has 2 N–H and O–H groups in total. The summed E-state index contributed by atoms with van der Waals surface area (Å²) in [6.07, 6.45) is 1.14. The highest BCUT2D eigenvalue weighted by Gasteiger charge is 2.28. The van der Waals surface area contributed by atoms with Crippen molar-refractivity contribution >= 4 is 15.9 Å². The fraction of sp³-hybridized carbons (Fsp3) is 0.533. The summed E-state index contributed by atoms with van der Waals surface area (Å²) in [4.78, 5) is 11.8. The van der Waals surface area contributed by atoms with Crippen molar-refractivity contribution in [2.75, 3.05) is 31.3 Å².